The van der Waals surface area contributed by atoms with E-state index in [1.165, 1.54) is 25.7 Å². The second-order valence-electron chi connectivity index (χ2n) is 6.25. The summed E-state index contributed by atoms with van der Waals surface area (Å²) < 4.78 is 5.97. The molecular formula is C20H28O3. The van der Waals surface area contributed by atoms with Crippen LogP contribution in [0.5, 0.6) is 11.5 Å². The second kappa shape index (κ2) is 9.29. The molecule has 23 heavy (non-hydrogen) atoms. The summed E-state index contributed by atoms with van der Waals surface area (Å²) in [6, 6.07) is 5.35. The van der Waals surface area contributed by atoms with Crippen molar-refractivity contribution in [1.29, 1.82) is 0 Å². The molecule has 2 rings (SSSR count). The van der Waals surface area contributed by atoms with E-state index in [1.54, 1.807) is 12.1 Å². The normalized spacial score (nSPS) is 17.1. The minimum atomic E-state index is 0.289. The van der Waals surface area contributed by atoms with Crippen LogP contribution in [0.15, 0.2) is 42.2 Å². The largest absolute Gasteiger partial charge is 0.508 e. The fraction of sp³-hybridized carbons (Fsp3) is 0.500. The van der Waals surface area contributed by atoms with Crippen molar-refractivity contribution in [3.05, 3.63) is 47.7 Å². The molecule has 2 N–H and O–H groups in total. The summed E-state index contributed by atoms with van der Waals surface area (Å²) in [5.74, 6) is 1.78. The van der Waals surface area contributed by atoms with Gasteiger partial charge in [-0.05, 0) is 55.2 Å². The van der Waals surface area contributed by atoms with Crippen molar-refractivity contribution in [3.63, 3.8) is 0 Å². The molecule has 0 bridgehead atoms. The van der Waals surface area contributed by atoms with Crippen LogP contribution in [-0.2, 0) is 6.42 Å². The highest BCUT2D eigenvalue weighted by Crippen LogP contribution is 2.27. The van der Waals surface area contributed by atoms with Crippen LogP contribution in [0.4, 0.5) is 0 Å². The maximum Gasteiger partial charge on any atom is 0.122 e. The van der Waals surface area contributed by atoms with E-state index in [1.807, 2.05) is 24.3 Å². The number of unbranched alkanes of at least 4 members (excludes halogenated alkanes) is 4. The Kier molecular flexibility index (Phi) is 7.05. The number of hydrogen-bond acceptors (Lipinski definition) is 3. The molecule has 0 aliphatic heterocycles. The molecule has 0 heterocycles. The molecule has 0 fully saturated rings. The molecule has 1 aromatic carbocycles. The fourth-order valence-electron chi connectivity index (χ4n) is 2.79. The third-order valence-electron chi connectivity index (χ3n) is 4.22. The van der Waals surface area contributed by atoms with Crippen molar-refractivity contribution < 1.29 is 14.9 Å². The van der Waals surface area contributed by atoms with Gasteiger partial charge >= 0.3 is 0 Å². The third-order valence-corrected chi connectivity index (χ3v) is 4.22. The number of hydrogen-bond donors (Lipinski definition) is 2. The summed E-state index contributed by atoms with van der Waals surface area (Å²) in [7, 11) is 0. The van der Waals surface area contributed by atoms with E-state index in [4.69, 9.17) is 4.74 Å². The first-order valence-electron chi connectivity index (χ1n) is 8.71. The van der Waals surface area contributed by atoms with Gasteiger partial charge in [0, 0.05) is 5.92 Å². The van der Waals surface area contributed by atoms with Gasteiger partial charge in [-0.1, -0.05) is 38.7 Å². The Balaban J connectivity index is 1.86. The minimum absolute atomic E-state index is 0.289. The van der Waals surface area contributed by atoms with E-state index in [2.05, 4.69) is 6.92 Å². The Labute approximate surface area is 139 Å². The molecule has 1 aliphatic carbocycles. The van der Waals surface area contributed by atoms with Crippen molar-refractivity contribution in [2.75, 3.05) is 6.61 Å². The van der Waals surface area contributed by atoms with Crippen LogP contribution >= 0.6 is 0 Å². The maximum atomic E-state index is 9.72. The lowest BCUT2D eigenvalue weighted by Crippen LogP contribution is -2.12. The van der Waals surface area contributed by atoms with Gasteiger partial charge in [-0.3, -0.25) is 0 Å². The number of aromatic hydroxyl groups is 1. The van der Waals surface area contributed by atoms with Crippen LogP contribution in [0.2, 0.25) is 0 Å². The van der Waals surface area contributed by atoms with Gasteiger partial charge in [0.25, 0.3) is 0 Å². The second-order valence-corrected chi connectivity index (χ2v) is 6.25. The van der Waals surface area contributed by atoms with Crippen molar-refractivity contribution in [2.45, 2.75) is 51.9 Å². The van der Waals surface area contributed by atoms with Gasteiger partial charge < -0.3 is 14.9 Å². The number of benzene rings is 1. The highest BCUT2D eigenvalue weighted by atomic mass is 16.5. The molecule has 1 unspecified atom stereocenters. The van der Waals surface area contributed by atoms with E-state index in [9.17, 15) is 10.2 Å². The number of aliphatic hydroxyl groups excluding tert-OH is 1. The van der Waals surface area contributed by atoms with Crippen LogP contribution < -0.4 is 4.74 Å². The van der Waals surface area contributed by atoms with Gasteiger partial charge in [0.1, 0.15) is 17.3 Å². The molecule has 0 radical (unpaired) electrons. The molecule has 0 spiro atoms. The quantitative estimate of drug-likeness (QED) is 0.608. The van der Waals surface area contributed by atoms with Gasteiger partial charge in [-0.2, -0.15) is 0 Å². The number of allylic oxidation sites excluding steroid dienone is 2. The van der Waals surface area contributed by atoms with E-state index >= 15 is 0 Å². The SMILES string of the molecule is CCCCCCCc1cc(O)ccc1OCC1C=CC(O)=CC1. The highest BCUT2D eigenvalue weighted by molar-refractivity contribution is 5.39. The molecule has 0 amide bonds. The first kappa shape index (κ1) is 17.5. The zero-order chi connectivity index (χ0) is 16.5. The van der Waals surface area contributed by atoms with Crippen LogP contribution in [0.1, 0.15) is 51.0 Å². The van der Waals surface area contributed by atoms with Crippen LogP contribution in [0.3, 0.4) is 0 Å². The Morgan fingerprint density at radius 3 is 2.70 bits per heavy atom. The molecule has 0 saturated heterocycles. The molecule has 0 saturated carbocycles. The van der Waals surface area contributed by atoms with Crippen LogP contribution in [0.25, 0.3) is 0 Å². The standard InChI is InChI=1S/C20H28O3/c1-2-3-4-5-6-7-17-14-19(22)12-13-20(17)23-15-16-8-10-18(21)11-9-16/h8,10-14,16,21-22H,2-7,9,15H2,1H3. The van der Waals surface area contributed by atoms with Crippen LogP contribution in [0, 0.1) is 5.92 Å². The lowest BCUT2D eigenvalue weighted by Gasteiger charge is -2.17. The van der Waals surface area contributed by atoms with E-state index in [-0.39, 0.29) is 5.92 Å². The molecule has 126 valence electrons. The lowest BCUT2D eigenvalue weighted by atomic mass is 10.0. The number of phenolic OH excluding ortho intramolecular Hbond substituents is 1. The molecule has 1 aliphatic rings. The van der Waals surface area contributed by atoms with Crippen molar-refractivity contribution in [2.24, 2.45) is 5.92 Å². The lowest BCUT2D eigenvalue weighted by molar-refractivity contribution is 0.270. The summed E-state index contributed by atoms with van der Waals surface area (Å²) >= 11 is 0. The summed E-state index contributed by atoms with van der Waals surface area (Å²) in [4.78, 5) is 0. The van der Waals surface area contributed by atoms with Gasteiger partial charge in [0.2, 0.25) is 0 Å². The predicted molar refractivity (Wildman–Crippen MR) is 94.0 cm³/mol. The number of aliphatic hydroxyl groups is 1. The number of phenols is 1. The average molecular weight is 316 g/mol. The monoisotopic (exact) mass is 316 g/mol. The van der Waals surface area contributed by atoms with Gasteiger partial charge in [0.15, 0.2) is 0 Å². The highest BCUT2D eigenvalue weighted by Gasteiger charge is 2.11. The molecule has 1 aromatic rings. The number of rotatable bonds is 9. The third kappa shape index (κ3) is 6.01. The van der Waals surface area contributed by atoms with E-state index in [0.29, 0.717) is 18.1 Å². The fourth-order valence-corrected chi connectivity index (χ4v) is 2.79. The predicted octanol–water partition coefficient (Wildman–Crippen LogP) is 5.30. The molecule has 3 heteroatoms. The van der Waals surface area contributed by atoms with Crippen LogP contribution in [-0.4, -0.2) is 16.8 Å². The summed E-state index contributed by atoms with van der Waals surface area (Å²) in [6.45, 7) is 2.81. The Hall–Kier alpha value is -1.90. The first-order valence-corrected chi connectivity index (χ1v) is 8.71. The zero-order valence-corrected chi connectivity index (χ0v) is 14.0. The summed E-state index contributed by atoms with van der Waals surface area (Å²) in [5, 5.41) is 19.1. The average Bonchev–Trinajstić information content (AvgIpc) is 2.55. The smallest absolute Gasteiger partial charge is 0.122 e. The Bertz CT molecular complexity index is 546. The molecule has 3 nitrogen and oxygen atoms in total. The van der Waals surface area contributed by atoms with Crippen molar-refractivity contribution in [1.82, 2.24) is 0 Å². The Morgan fingerprint density at radius 1 is 1.13 bits per heavy atom. The summed E-state index contributed by atoms with van der Waals surface area (Å²) in [6.07, 6.45) is 13.4. The molecular weight excluding hydrogens is 288 g/mol. The van der Waals surface area contributed by atoms with E-state index < -0.39 is 0 Å². The number of aryl methyl sites for hydroxylation is 1. The van der Waals surface area contributed by atoms with Crippen molar-refractivity contribution >= 4 is 0 Å². The topological polar surface area (TPSA) is 49.7 Å². The number of ether oxygens (including phenoxy) is 1. The Morgan fingerprint density at radius 2 is 1.96 bits per heavy atom. The van der Waals surface area contributed by atoms with Crippen molar-refractivity contribution in [3.8, 4) is 11.5 Å². The van der Waals surface area contributed by atoms with E-state index in [0.717, 1.165) is 30.6 Å². The zero-order valence-electron chi connectivity index (χ0n) is 14.0. The van der Waals surface area contributed by atoms with Gasteiger partial charge in [-0.25, -0.2) is 0 Å². The maximum absolute atomic E-state index is 9.72. The van der Waals surface area contributed by atoms with Gasteiger partial charge in [-0.15, -0.1) is 0 Å². The molecule has 1 atom stereocenters. The first-order chi connectivity index (χ1) is 11.2. The minimum Gasteiger partial charge on any atom is -0.508 e. The van der Waals surface area contributed by atoms with Gasteiger partial charge in [0.05, 0.1) is 6.61 Å². The molecule has 0 aromatic heterocycles. The summed E-state index contributed by atoms with van der Waals surface area (Å²) in [5.41, 5.74) is 1.08.